The molecule has 0 unspecified atom stereocenters. The molecule has 1 amide bonds. The van der Waals surface area contributed by atoms with E-state index < -0.39 is 11.5 Å². The van der Waals surface area contributed by atoms with E-state index in [4.69, 9.17) is 9.15 Å². The number of methoxy groups -OCH3 is 1. The molecule has 1 N–H and O–H groups in total. The zero-order chi connectivity index (χ0) is 14.3. The van der Waals surface area contributed by atoms with E-state index in [0.717, 1.165) is 5.76 Å². The van der Waals surface area contributed by atoms with Crippen molar-refractivity contribution in [3.05, 3.63) is 24.2 Å². The lowest BCUT2D eigenvalue weighted by Crippen LogP contribution is -2.54. The SMILES string of the molecule is CCC(CC)(NC(=O)CCc1ccco1)C(=O)OC. The standard InChI is InChI=1S/C14H21NO4/c1-4-14(5-2,13(17)18-3)15-12(16)9-8-11-7-6-10-19-11/h6-7,10H,4-5,8-9H2,1-3H3,(H,15,16). The Morgan fingerprint density at radius 3 is 2.53 bits per heavy atom. The predicted octanol–water partition coefficient (Wildman–Crippen LogP) is 2.06. The molecule has 19 heavy (non-hydrogen) atoms. The van der Waals surface area contributed by atoms with Gasteiger partial charge in [0.25, 0.3) is 0 Å². The van der Waals surface area contributed by atoms with E-state index in [0.29, 0.717) is 19.3 Å². The second kappa shape index (κ2) is 6.97. The fourth-order valence-corrected chi connectivity index (χ4v) is 1.98. The minimum atomic E-state index is -0.922. The fraction of sp³-hybridized carbons (Fsp3) is 0.571. The first-order chi connectivity index (χ1) is 9.07. The molecule has 1 aromatic rings. The smallest absolute Gasteiger partial charge is 0.331 e. The van der Waals surface area contributed by atoms with Crippen LogP contribution in [0.2, 0.25) is 0 Å². The number of ether oxygens (including phenoxy) is 1. The maximum absolute atomic E-state index is 11.9. The lowest BCUT2D eigenvalue weighted by molar-refractivity contribution is -0.151. The summed E-state index contributed by atoms with van der Waals surface area (Å²) in [4.78, 5) is 23.7. The van der Waals surface area contributed by atoms with Gasteiger partial charge in [-0.25, -0.2) is 4.79 Å². The van der Waals surface area contributed by atoms with Gasteiger partial charge >= 0.3 is 5.97 Å². The summed E-state index contributed by atoms with van der Waals surface area (Å²) < 4.78 is 9.94. The van der Waals surface area contributed by atoms with Gasteiger partial charge < -0.3 is 14.5 Å². The van der Waals surface area contributed by atoms with Gasteiger partial charge in [-0.3, -0.25) is 4.79 Å². The van der Waals surface area contributed by atoms with Crippen molar-refractivity contribution < 1.29 is 18.7 Å². The summed E-state index contributed by atoms with van der Waals surface area (Å²) in [6, 6.07) is 3.60. The third-order valence-electron chi connectivity index (χ3n) is 3.34. The van der Waals surface area contributed by atoms with E-state index in [1.54, 1.807) is 12.3 Å². The molecule has 1 aromatic heterocycles. The number of esters is 1. The Labute approximate surface area is 113 Å². The van der Waals surface area contributed by atoms with Crippen LogP contribution in [-0.4, -0.2) is 24.5 Å². The summed E-state index contributed by atoms with van der Waals surface area (Å²) in [6.07, 6.45) is 3.38. The quantitative estimate of drug-likeness (QED) is 0.768. The zero-order valence-corrected chi connectivity index (χ0v) is 11.7. The van der Waals surface area contributed by atoms with E-state index in [1.807, 2.05) is 19.9 Å². The number of carbonyl (C=O) groups is 2. The van der Waals surface area contributed by atoms with E-state index in [-0.39, 0.29) is 12.3 Å². The molecule has 0 fully saturated rings. The van der Waals surface area contributed by atoms with Crippen LogP contribution in [0.25, 0.3) is 0 Å². The Morgan fingerprint density at radius 1 is 1.37 bits per heavy atom. The molecule has 1 heterocycles. The van der Waals surface area contributed by atoms with Crippen molar-refractivity contribution in [3.63, 3.8) is 0 Å². The van der Waals surface area contributed by atoms with E-state index in [9.17, 15) is 9.59 Å². The first-order valence-electron chi connectivity index (χ1n) is 6.49. The van der Waals surface area contributed by atoms with Gasteiger partial charge in [0.15, 0.2) is 0 Å². The Morgan fingerprint density at radius 2 is 2.05 bits per heavy atom. The summed E-state index contributed by atoms with van der Waals surface area (Å²) >= 11 is 0. The number of furan rings is 1. The Kier molecular flexibility index (Phi) is 5.60. The van der Waals surface area contributed by atoms with Gasteiger partial charge in [0.1, 0.15) is 11.3 Å². The van der Waals surface area contributed by atoms with Crippen LogP contribution in [-0.2, 0) is 20.7 Å². The zero-order valence-electron chi connectivity index (χ0n) is 11.7. The van der Waals surface area contributed by atoms with Crippen molar-refractivity contribution >= 4 is 11.9 Å². The van der Waals surface area contributed by atoms with Gasteiger partial charge in [0.05, 0.1) is 13.4 Å². The number of hydrogen-bond donors (Lipinski definition) is 1. The third-order valence-corrected chi connectivity index (χ3v) is 3.34. The first kappa shape index (κ1) is 15.3. The van der Waals surface area contributed by atoms with Crippen LogP contribution in [0.4, 0.5) is 0 Å². The highest BCUT2D eigenvalue weighted by Crippen LogP contribution is 2.17. The molecule has 0 aromatic carbocycles. The second-order valence-electron chi connectivity index (χ2n) is 4.41. The van der Waals surface area contributed by atoms with Crippen LogP contribution in [0.5, 0.6) is 0 Å². The molecular weight excluding hydrogens is 246 g/mol. The molecule has 0 atom stereocenters. The third kappa shape index (κ3) is 3.84. The molecule has 0 radical (unpaired) electrons. The van der Waals surface area contributed by atoms with E-state index in [1.165, 1.54) is 7.11 Å². The largest absolute Gasteiger partial charge is 0.469 e. The molecule has 0 spiro atoms. The van der Waals surface area contributed by atoms with Crippen molar-refractivity contribution in [2.45, 2.75) is 45.1 Å². The molecule has 0 aliphatic carbocycles. The predicted molar refractivity (Wildman–Crippen MR) is 70.5 cm³/mol. The number of carbonyl (C=O) groups excluding carboxylic acids is 2. The van der Waals surface area contributed by atoms with Crippen LogP contribution < -0.4 is 5.32 Å². The second-order valence-corrected chi connectivity index (χ2v) is 4.41. The monoisotopic (exact) mass is 267 g/mol. The number of aryl methyl sites for hydroxylation is 1. The highest BCUT2D eigenvalue weighted by atomic mass is 16.5. The summed E-state index contributed by atoms with van der Waals surface area (Å²) in [5, 5.41) is 2.79. The average molecular weight is 267 g/mol. The van der Waals surface area contributed by atoms with Crippen molar-refractivity contribution in [2.75, 3.05) is 7.11 Å². The topological polar surface area (TPSA) is 68.5 Å². The molecule has 106 valence electrons. The Balaban J connectivity index is 2.58. The Hall–Kier alpha value is -1.78. The number of rotatable bonds is 7. The van der Waals surface area contributed by atoms with Gasteiger partial charge in [0, 0.05) is 12.8 Å². The van der Waals surface area contributed by atoms with Gasteiger partial charge in [-0.05, 0) is 25.0 Å². The van der Waals surface area contributed by atoms with Crippen LogP contribution in [0.1, 0.15) is 38.9 Å². The number of nitrogens with one attached hydrogen (secondary N) is 1. The van der Waals surface area contributed by atoms with Crippen molar-refractivity contribution in [3.8, 4) is 0 Å². The highest BCUT2D eigenvalue weighted by Gasteiger charge is 2.37. The van der Waals surface area contributed by atoms with Crippen LogP contribution in [0.15, 0.2) is 22.8 Å². The van der Waals surface area contributed by atoms with Crippen LogP contribution in [0, 0.1) is 0 Å². The minimum Gasteiger partial charge on any atom is -0.469 e. The summed E-state index contributed by atoms with van der Waals surface area (Å²) in [5.41, 5.74) is -0.922. The molecule has 0 saturated carbocycles. The lowest BCUT2D eigenvalue weighted by atomic mass is 9.92. The molecular formula is C14H21NO4. The van der Waals surface area contributed by atoms with Gasteiger partial charge in [-0.1, -0.05) is 13.8 Å². The van der Waals surface area contributed by atoms with Crippen LogP contribution >= 0.6 is 0 Å². The maximum Gasteiger partial charge on any atom is 0.331 e. The molecule has 0 aliphatic rings. The first-order valence-corrected chi connectivity index (χ1v) is 6.49. The van der Waals surface area contributed by atoms with Gasteiger partial charge in [-0.15, -0.1) is 0 Å². The van der Waals surface area contributed by atoms with Gasteiger partial charge in [-0.2, -0.15) is 0 Å². The molecule has 5 heteroatoms. The fourth-order valence-electron chi connectivity index (χ4n) is 1.98. The Bertz CT molecular complexity index is 407. The van der Waals surface area contributed by atoms with E-state index >= 15 is 0 Å². The molecule has 0 aliphatic heterocycles. The summed E-state index contributed by atoms with van der Waals surface area (Å²) in [7, 11) is 1.33. The maximum atomic E-state index is 11.9. The van der Waals surface area contributed by atoms with Gasteiger partial charge in [0.2, 0.25) is 5.91 Å². The lowest BCUT2D eigenvalue weighted by Gasteiger charge is -2.29. The van der Waals surface area contributed by atoms with Crippen molar-refractivity contribution in [1.82, 2.24) is 5.32 Å². The summed E-state index contributed by atoms with van der Waals surface area (Å²) in [5.74, 6) is 0.182. The number of amides is 1. The molecule has 1 rings (SSSR count). The molecule has 0 bridgehead atoms. The molecule has 0 saturated heterocycles. The number of hydrogen-bond acceptors (Lipinski definition) is 4. The van der Waals surface area contributed by atoms with Crippen LogP contribution in [0.3, 0.4) is 0 Å². The normalized spacial score (nSPS) is 11.1. The average Bonchev–Trinajstić information content (AvgIpc) is 2.95. The van der Waals surface area contributed by atoms with E-state index in [2.05, 4.69) is 5.32 Å². The summed E-state index contributed by atoms with van der Waals surface area (Å²) in [6.45, 7) is 3.71. The van der Waals surface area contributed by atoms with Crippen molar-refractivity contribution in [2.24, 2.45) is 0 Å². The highest BCUT2D eigenvalue weighted by molar-refractivity contribution is 5.88. The molecule has 5 nitrogen and oxygen atoms in total. The minimum absolute atomic E-state index is 0.175. The van der Waals surface area contributed by atoms with Crippen molar-refractivity contribution in [1.29, 1.82) is 0 Å².